The number of benzene rings is 1. The second-order valence-electron chi connectivity index (χ2n) is 6.00. The van der Waals surface area contributed by atoms with Gasteiger partial charge in [0, 0.05) is 5.69 Å². The molecule has 1 amide bonds. The lowest BCUT2D eigenvalue weighted by molar-refractivity contribution is -0.117. The van der Waals surface area contributed by atoms with E-state index in [0.717, 1.165) is 24.0 Å². The van der Waals surface area contributed by atoms with Crippen LogP contribution in [0.2, 0.25) is 0 Å². The van der Waals surface area contributed by atoms with Gasteiger partial charge in [-0.15, -0.1) is 12.4 Å². The van der Waals surface area contributed by atoms with E-state index < -0.39 is 6.04 Å². The van der Waals surface area contributed by atoms with E-state index in [-0.39, 0.29) is 18.3 Å². The highest BCUT2D eigenvalue weighted by Gasteiger charge is 2.21. The van der Waals surface area contributed by atoms with Crippen LogP contribution in [0.15, 0.2) is 24.3 Å². The average Bonchev–Trinajstić information content (AvgIpc) is 3.21. The standard InChI is InChI=1S/C16H24N2O2.ClH/c1-11(2)9-15(17)16(19)18-13-5-7-14(8-6-13)20-10-12-3-4-12;/h5-8,11-12,15H,3-4,9-10,17H2,1-2H3,(H,18,19);1H/t15-;/m0./s1. The van der Waals surface area contributed by atoms with E-state index >= 15 is 0 Å². The van der Waals surface area contributed by atoms with Gasteiger partial charge in [0.1, 0.15) is 5.75 Å². The number of ether oxygens (including phenoxy) is 1. The maximum atomic E-state index is 11.9. The van der Waals surface area contributed by atoms with Crippen molar-refractivity contribution in [2.75, 3.05) is 11.9 Å². The molecule has 5 heteroatoms. The molecule has 0 saturated heterocycles. The maximum Gasteiger partial charge on any atom is 0.241 e. The number of carbonyl (C=O) groups excluding carboxylic acids is 1. The number of nitrogens with two attached hydrogens (primary N) is 1. The number of carbonyl (C=O) groups is 1. The Hall–Kier alpha value is -1.26. The molecule has 1 aromatic carbocycles. The van der Waals surface area contributed by atoms with Crippen LogP contribution < -0.4 is 15.8 Å². The summed E-state index contributed by atoms with van der Waals surface area (Å²) in [7, 11) is 0. The van der Waals surface area contributed by atoms with E-state index in [1.165, 1.54) is 12.8 Å². The van der Waals surface area contributed by atoms with Gasteiger partial charge in [-0.05, 0) is 55.4 Å². The molecule has 118 valence electrons. The second kappa shape index (κ2) is 8.25. The molecule has 3 N–H and O–H groups in total. The number of hydrogen-bond acceptors (Lipinski definition) is 3. The number of nitrogens with one attached hydrogen (secondary N) is 1. The Kier molecular flexibility index (Phi) is 6.99. The highest BCUT2D eigenvalue weighted by molar-refractivity contribution is 5.94. The Labute approximate surface area is 132 Å². The first-order chi connectivity index (χ1) is 9.54. The number of halogens is 1. The van der Waals surface area contributed by atoms with Gasteiger partial charge in [0.2, 0.25) is 5.91 Å². The third kappa shape index (κ3) is 6.36. The van der Waals surface area contributed by atoms with Crippen molar-refractivity contribution in [2.45, 2.75) is 39.2 Å². The largest absolute Gasteiger partial charge is 0.493 e. The SMILES string of the molecule is CC(C)C[C@H](N)C(=O)Nc1ccc(OCC2CC2)cc1.Cl. The summed E-state index contributed by atoms with van der Waals surface area (Å²) < 4.78 is 5.65. The van der Waals surface area contributed by atoms with E-state index in [1.54, 1.807) is 0 Å². The fraction of sp³-hybridized carbons (Fsp3) is 0.562. The van der Waals surface area contributed by atoms with Gasteiger partial charge in [-0.1, -0.05) is 13.8 Å². The molecule has 0 heterocycles. The molecule has 2 rings (SSSR count). The molecule has 1 atom stereocenters. The molecular formula is C16H25ClN2O2. The van der Waals surface area contributed by atoms with E-state index in [1.807, 2.05) is 24.3 Å². The van der Waals surface area contributed by atoms with Gasteiger partial charge < -0.3 is 15.8 Å². The topological polar surface area (TPSA) is 64.4 Å². The normalized spacial score (nSPS) is 15.2. The van der Waals surface area contributed by atoms with E-state index in [0.29, 0.717) is 12.3 Å². The quantitative estimate of drug-likeness (QED) is 0.812. The number of anilines is 1. The Morgan fingerprint density at radius 1 is 1.33 bits per heavy atom. The van der Waals surface area contributed by atoms with Crippen LogP contribution in [0.5, 0.6) is 5.75 Å². The van der Waals surface area contributed by atoms with Gasteiger partial charge in [0.25, 0.3) is 0 Å². The van der Waals surface area contributed by atoms with Gasteiger partial charge in [-0.25, -0.2) is 0 Å². The Bertz CT molecular complexity index is 444. The van der Waals surface area contributed by atoms with Crippen molar-refractivity contribution in [3.8, 4) is 5.75 Å². The summed E-state index contributed by atoms with van der Waals surface area (Å²) in [5.74, 6) is 1.86. The number of hydrogen-bond donors (Lipinski definition) is 2. The van der Waals surface area contributed by atoms with Crippen LogP contribution in [0.3, 0.4) is 0 Å². The molecule has 1 saturated carbocycles. The first-order valence-electron chi connectivity index (χ1n) is 7.34. The van der Waals surface area contributed by atoms with Crippen molar-refractivity contribution < 1.29 is 9.53 Å². The summed E-state index contributed by atoms with van der Waals surface area (Å²) in [5, 5.41) is 2.83. The summed E-state index contributed by atoms with van der Waals surface area (Å²) in [6, 6.07) is 7.00. The molecule has 0 aromatic heterocycles. The zero-order chi connectivity index (χ0) is 14.5. The maximum absolute atomic E-state index is 11.9. The molecule has 4 nitrogen and oxygen atoms in total. The van der Waals surface area contributed by atoms with E-state index in [2.05, 4.69) is 19.2 Å². The van der Waals surface area contributed by atoms with Crippen molar-refractivity contribution in [1.29, 1.82) is 0 Å². The fourth-order valence-electron chi connectivity index (χ4n) is 1.98. The Balaban J connectivity index is 0.00000220. The third-order valence-corrected chi connectivity index (χ3v) is 3.37. The van der Waals surface area contributed by atoms with Crippen LogP contribution >= 0.6 is 12.4 Å². The number of amides is 1. The Morgan fingerprint density at radius 3 is 2.48 bits per heavy atom. The number of rotatable bonds is 7. The fourth-order valence-corrected chi connectivity index (χ4v) is 1.98. The summed E-state index contributed by atoms with van der Waals surface area (Å²) in [4.78, 5) is 11.9. The van der Waals surface area contributed by atoms with Gasteiger partial charge in [0.15, 0.2) is 0 Å². The molecule has 0 unspecified atom stereocenters. The minimum Gasteiger partial charge on any atom is -0.493 e. The zero-order valence-corrected chi connectivity index (χ0v) is 13.5. The van der Waals surface area contributed by atoms with Crippen LogP contribution in [0.1, 0.15) is 33.1 Å². The third-order valence-electron chi connectivity index (χ3n) is 3.37. The molecule has 0 radical (unpaired) electrons. The summed E-state index contributed by atoms with van der Waals surface area (Å²) >= 11 is 0. The minimum atomic E-state index is -0.458. The predicted octanol–water partition coefficient (Wildman–Crippen LogP) is 3.21. The lowest BCUT2D eigenvalue weighted by Gasteiger charge is -2.14. The van der Waals surface area contributed by atoms with Crippen molar-refractivity contribution in [3.05, 3.63) is 24.3 Å². The Morgan fingerprint density at radius 2 is 1.95 bits per heavy atom. The summed E-state index contributed by atoms with van der Waals surface area (Å²) in [5.41, 5.74) is 6.60. The van der Waals surface area contributed by atoms with Gasteiger partial charge in [0.05, 0.1) is 12.6 Å². The van der Waals surface area contributed by atoms with Crippen molar-refractivity contribution >= 4 is 24.0 Å². The van der Waals surface area contributed by atoms with Gasteiger partial charge in [-0.3, -0.25) is 4.79 Å². The lowest BCUT2D eigenvalue weighted by Crippen LogP contribution is -2.36. The van der Waals surface area contributed by atoms with Crippen LogP contribution in [-0.2, 0) is 4.79 Å². The molecule has 1 aliphatic rings. The van der Waals surface area contributed by atoms with Crippen molar-refractivity contribution in [3.63, 3.8) is 0 Å². The van der Waals surface area contributed by atoms with Crippen LogP contribution in [0.25, 0.3) is 0 Å². The highest BCUT2D eigenvalue weighted by Crippen LogP contribution is 2.29. The second-order valence-corrected chi connectivity index (χ2v) is 6.00. The van der Waals surface area contributed by atoms with Crippen LogP contribution in [-0.4, -0.2) is 18.6 Å². The minimum absolute atomic E-state index is 0. The highest BCUT2D eigenvalue weighted by atomic mass is 35.5. The van der Waals surface area contributed by atoms with Crippen molar-refractivity contribution in [2.24, 2.45) is 17.6 Å². The molecule has 0 bridgehead atoms. The van der Waals surface area contributed by atoms with Crippen LogP contribution in [0, 0.1) is 11.8 Å². The zero-order valence-electron chi connectivity index (χ0n) is 12.7. The van der Waals surface area contributed by atoms with Gasteiger partial charge >= 0.3 is 0 Å². The van der Waals surface area contributed by atoms with Gasteiger partial charge in [-0.2, -0.15) is 0 Å². The molecular weight excluding hydrogens is 288 g/mol. The molecule has 1 fully saturated rings. The van der Waals surface area contributed by atoms with Crippen molar-refractivity contribution in [1.82, 2.24) is 0 Å². The average molecular weight is 313 g/mol. The molecule has 1 aromatic rings. The van der Waals surface area contributed by atoms with E-state index in [9.17, 15) is 4.79 Å². The first kappa shape index (κ1) is 17.8. The molecule has 21 heavy (non-hydrogen) atoms. The molecule has 0 aliphatic heterocycles. The lowest BCUT2D eigenvalue weighted by atomic mass is 10.0. The predicted molar refractivity (Wildman–Crippen MR) is 88.0 cm³/mol. The monoisotopic (exact) mass is 312 g/mol. The molecule has 0 spiro atoms. The van der Waals surface area contributed by atoms with E-state index in [4.69, 9.17) is 10.5 Å². The first-order valence-corrected chi connectivity index (χ1v) is 7.34. The summed E-state index contributed by atoms with van der Waals surface area (Å²) in [6.07, 6.45) is 3.25. The molecule has 1 aliphatic carbocycles. The smallest absolute Gasteiger partial charge is 0.241 e. The van der Waals surface area contributed by atoms with Crippen LogP contribution in [0.4, 0.5) is 5.69 Å². The summed E-state index contributed by atoms with van der Waals surface area (Å²) in [6.45, 7) is 4.91.